The van der Waals surface area contributed by atoms with Crippen molar-refractivity contribution in [1.29, 1.82) is 0 Å². The summed E-state index contributed by atoms with van der Waals surface area (Å²) in [4.78, 5) is 4.34. The number of hydrogen-bond acceptors (Lipinski definition) is 3. The first-order valence-electron chi connectivity index (χ1n) is 5.84. The highest BCUT2D eigenvalue weighted by Crippen LogP contribution is 2.23. The third kappa shape index (κ3) is 2.50. The van der Waals surface area contributed by atoms with Gasteiger partial charge in [0.05, 0.1) is 15.9 Å². The number of hydrogen-bond donors (Lipinski definition) is 1. The Morgan fingerprint density at radius 1 is 1.47 bits per heavy atom. The molecule has 92 valence electrons. The molecule has 2 rings (SSSR count). The molecule has 4 nitrogen and oxygen atoms in total. The zero-order valence-electron chi connectivity index (χ0n) is 10.2. The molecule has 2 aromatic rings. The average molecular weight is 297 g/mol. The van der Waals surface area contributed by atoms with E-state index in [4.69, 9.17) is 5.73 Å². The topological polar surface area (TPSA) is 56.2 Å². The SMILES string of the molecule is CC(C)CCc1nn2c(CN)ccnc2c1Br. The van der Waals surface area contributed by atoms with Gasteiger partial charge in [-0.15, -0.1) is 0 Å². The molecule has 0 radical (unpaired) electrons. The van der Waals surface area contributed by atoms with Crippen LogP contribution in [0.25, 0.3) is 5.65 Å². The largest absolute Gasteiger partial charge is 0.325 e. The Labute approximate surface area is 109 Å². The Morgan fingerprint density at radius 2 is 2.24 bits per heavy atom. The fourth-order valence-electron chi connectivity index (χ4n) is 1.75. The molecule has 0 saturated carbocycles. The summed E-state index contributed by atoms with van der Waals surface area (Å²) in [5, 5.41) is 4.58. The lowest BCUT2D eigenvalue weighted by Crippen LogP contribution is -2.05. The zero-order valence-corrected chi connectivity index (χ0v) is 11.7. The maximum atomic E-state index is 5.69. The maximum Gasteiger partial charge on any atom is 0.169 e. The quantitative estimate of drug-likeness (QED) is 0.943. The van der Waals surface area contributed by atoms with E-state index >= 15 is 0 Å². The van der Waals surface area contributed by atoms with Crippen LogP contribution in [0.1, 0.15) is 31.7 Å². The number of nitrogens with two attached hydrogens (primary N) is 1. The predicted octanol–water partition coefficient (Wildman–Crippen LogP) is 2.54. The highest BCUT2D eigenvalue weighted by Gasteiger charge is 2.13. The smallest absolute Gasteiger partial charge is 0.169 e. The van der Waals surface area contributed by atoms with Crippen LogP contribution in [0, 0.1) is 5.92 Å². The molecule has 0 aliphatic carbocycles. The van der Waals surface area contributed by atoms with Crippen LogP contribution in [0.15, 0.2) is 16.7 Å². The molecule has 5 heteroatoms. The summed E-state index contributed by atoms with van der Waals surface area (Å²) < 4.78 is 2.83. The van der Waals surface area contributed by atoms with Gasteiger partial charge in [-0.25, -0.2) is 9.50 Å². The molecule has 0 unspecified atom stereocenters. The van der Waals surface area contributed by atoms with E-state index in [1.807, 2.05) is 10.6 Å². The van der Waals surface area contributed by atoms with E-state index < -0.39 is 0 Å². The van der Waals surface area contributed by atoms with Gasteiger partial charge in [0.1, 0.15) is 0 Å². The molecule has 0 fully saturated rings. The minimum absolute atomic E-state index is 0.469. The van der Waals surface area contributed by atoms with Crippen molar-refractivity contribution in [3.63, 3.8) is 0 Å². The van der Waals surface area contributed by atoms with Crippen LogP contribution in [-0.4, -0.2) is 14.6 Å². The van der Waals surface area contributed by atoms with Gasteiger partial charge in [0.15, 0.2) is 5.65 Å². The normalized spacial score (nSPS) is 11.6. The number of halogens is 1. The van der Waals surface area contributed by atoms with Crippen molar-refractivity contribution in [2.75, 3.05) is 0 Å². The van der Waals surface area contributed by atoms with Crippen molar-refractivity contribution in [2.45, 2.75) is 33.2 Å². The fraction of sp³-hybridized carbons (Fsp3) is 0.500. The van der Waals surface area contributed by atoms with E-state index in [1.165, 1.54) is 0 Å². The third-order valence-electron chi connectivity index (χ3n) is 2.77. The lowest BCUT2D eigenvalue weighted by molar-refractivity contribution is 0.578. The van der Waals surface area contributed by atoms with Crippen LogP contribution in [-0.2, 0) is 13.0 Å². The first-order valence-corrected chi connectivity index (χ1v) is 6.63. The molecule has 2 aromatic heterocycles. The second-order valence-electron chi connectivity index (χ2n) is 4.57. The van der Waals surface area contributed by atoms with Crippen LogP contribution >= 0.6 is 15.9 Å². The van der Waals surface area contributed by atoms with Crippen molar-refractivity contribution >= 4 is 21.6 Å². The molecular weight excluding hydrogens is 280 g/mol. The van der Waals surface area contributed by atoms with Gasteiger partial charge in [-0.05, 0) is 40.8 Å². The van der Waals surface area contributed by atoms with Gasteiger partial charge in [-0.3, -0.25) is 0 Å². The molecule has 0 bridgehead atoms. The first-order chi connectivity index (χ1) is 8.13. The van der Waals surface area contributed by atoms with E-state index in [2.05, 4.69) is 39.9 Å². The van der Waals surface area contributed by atoms with Crippen LogP contribution in [0.4, 0.5) is 0 Å². The maximum absolute atomic E-state index is 5.69. The molecule has 0 aliphatic heterocycles. The lowest BCUT2D eigenvalue weighted by Gasteiger charge is -2.01. The molecule has 0 aromatic carbocycles. The van der Waals surface area contributed by atoms with Gasteiger partial charge < -0.3 is 5.73 Å². The second kappa shape index (κ2) is 5.14. The molecule has 2 N–H and O–H groups in total. The van der Waals surface area contributed by atoms with Crippen LogP contribution < -0.4 is 5.73 Å². The number of rotatable bonds is 4. The van der Waals surface area contributed by atoms with Gasteiger partial charge in [0.25, 0.3) is 0 Å². The highest BCUT2D eigenvalue weighted by atomic mass is 79.9. The van der Waals surface area contributed by atoms with Gasteiger partial charge in [0, 0.05) is 12.7 Å². The van der Waals surface area contributed by atoms with E-state index in [0.717, 1.165) is 34.3 Å². The number of aryl methyl sites for hydroxylation is 1. The Bertz CT molecular complexity index is 518. The third-order valence-corrected chi connectivity index (χ3v) is 3.59. The molecule has 0 spiro atoms. The van der Waals surface area contributed by atoms with Crippen molar-refractivity contribution in [3.8, 4) is 0 Å². The Hall–Kier alpha value is -0.940. The summed E-state index contributed by atoms with van der Waals surface area (Å²) in [7, 11) is 0. The lowest BCUT2D eigenvalue weighted by atomic mass is 10.1. The Balaban J connectivity index is 2.41. The van der Waals surface area contributed by atoms with Crippen LogP contribution in [0.3, 0.4) is 0 Å². The monoisotopic (exact) mass is 296 g/mol. The summed E-state index contributed by atoms with van der Waals surface area (Å²) in [5.74, 6) is 0.675. The number of aromatic nitrogens is 3. The van der Waals surface area contributed by atoms with Crippen LogP contribution in [0.5, 0.6) is 0 Å². The number of nitrogens with zero attached hydrogens (tertiary/aromatic N) is 3. The molecular formula is C12H17BrN4. The average Bonchev–Trinajstić information content (AvgIpc) is 2.64. The van der Waals surface area contributed by atoms with Gasteiger partial charge in [0.2, 0.25) is 0 Å². The standard InChI is InChI=1S/C12H17BrN4/c1-8(2)3-4-10-11(13)12-15-6-5-9(7-14)17(12)16-10/h5-6,8H,3-4,7,14H2,1-2H3. The molecule has 0 aliphatic rings. The van der Waals surface area contributed by atoms with Crippen molar-refractivity contribution in [1.82, 2.24) is 14.6 Å². The summed E-state index contributed by atoms with van der Waals surface area (Å²) in [6.45, 7) is 4.90. The van der Waals surface area contributed by atoms with E-state index in [0.29, 0.717) is 12.5 Å². The first kappa shape index (κ1) is 12.5. The molecule has 0 saturated heterocycles. The van der Waals surface area contributed by atoms with Crippen molar-refractivity contribution < 1.29 is 0 Å². The summed E-state index contributed by atoms with van der Waals surface area (Å²) in [6, 6.07) is 1.90. The minimum Gasteiger partial charge on any atom is -0.325 e. The van der Waals surface area contributed by atoms with Gasteiger partial charge in [-0.2, -0.15) is 5.10 Å². The summed E-state index contributed by atoms with van der Waals surface area (Å²) >= 11 is 3.58. The molecule has 0 amide bonds. The molecule has 0 atom stereocenters. The van der Waals surface area contributed by atoms with Gasteiger partial charge in [-0.1, -0.05) is 13.8 Å². The fourth-order valence-corrected chi connectivity index (χ4v) is 2.30. The van der Waals surface area contributed by atoms with Crippen molar-refractivity contribution in [2.24, 2.45) is 11.7 Å². The van der Waals surface area contributed by atoms with E-state index in [9.17, 15) is 0 Å². The highest BCUT2D eigenvalue weighted by molar-refractivity contribution is 9.10. The van der Waals surface area contributed by atoms with Crippen molar-refractivity contribution in [3.05, 3.63) is 28.1 Å². The van der Waals surface area contributed by atoms with E-state index in [-0.39, 0.29) is 0 Å². The zero-order chi connectivity index (χ0) is 12.4. The second-order valence-corrected chi connectivity index (χ2v) is 5.36. The summed E-state index contributed by atoms with van der Waals surface area (Å²) in [6.07, 6.45) is 3.86. The molecule has 17 heavy (non-hydrogen) atoms. The van der Waals surface area contributed by atoms with Crippen LogP contribution in [0.2, 0.25) is 0 Å². The van der Waals surface area contributed by atoms with Gasteiger partial charge >= 0.3 is 0 Å². The Kier molecular flexibility index (Phi) is 3.79. The minimum atomic E-state index is 0.469. The molecule has 2 heterocycles. The van der Waals surface area contributed by atoms with E-state index in [1.54, 1.807) is 6.20 Å². The predicted molar refractivity (Wildman–Crippen MR) is 71.7 cm³/mol. The number of fused-ring (bicyclic) bond motifs is 1. The summed E-state index contributed by atoms with van der Waals surface area (Å²) in [5.41, 5.74) is 8.59. The Morgan fingerprint density at radius 3 is 2.88 bits per heavy atom.